The minimum Gasteiger partial charge on any atom is -0.481 e. The van der Waals surface area contributed by atoms with E-state index in [2.05, 4.69) is 0 Å². The lowest BCUT2D eigenvalue weighted by atomic mass is 9.80. The summed E-state index contributed by atoms with van der Waals surface area (Å²) in [4.78, 5) is 32.1. The second kappa shape index (κ2) is 5.60. The number of carbonyl (C=O) groups is 3. The minimum absolute atomic E-state index is 0.153. The summed E-state index contributed by atoms with van der Waals surface area (Å²) >= 11 is 0. The summed E-state index contributed by atoms with van der Waals surface area (Å²) in [7, 11) is 0. The van der Waals surface area contributed by atoms with Gasteiger partial charge in [-0.2, -0.15) is 0 Å². The highest BCUT2D eigenvalue weighted by molar-refractivity contribution is 5.84. The number of aliphatic hydroxyl groups is 1. The Labute approximate surface area is 92.9 Å². The van der Waals surface area contributed by atoms with Crippen molar-refractivity contribution in [2.24, 2.45) is 5.92 Å². The van der Waals surface area contributed by atoms with Gasteiger partial charge in [0.15, 0.2) is 0 Å². The van der Waals surface area contributed by atoms with Crippen LogP contribution in [0.2, 0.25) is 0 Å². The molecule has 0 spiro atoms. The van der Waals surface area contributed by atoms with Crippen molar-refractivity contribution in [3.05, 3.63) is 0 Å². The van der Waals surface area contributed by atoms with E-state index in [1.807, 2.05) is 0 Å². The van der Waals surface area contributed by atoms with E-state index in [0.717, 1.165) is 0 Å². The van der Waals surface area contributed by atoms with Gasteiger partial charge in [-0.15, -0.1) is 0 Å². The fourth-order valence-corrected chi connectivity index (χ4v) is 1.51. The van der Waals surface area contributed by atoms with Crippen molar-refractivity contribution in [1.82, 2.24) is 0 Å². The van der Waals surface area contributed by atoms with Crippen LogP contribution >= 0.6 is 0 Å². The molecule has 0 aromatic carbocycles. The van der Waals surface area contributed by atoms with Crippen LogP contribution in [0.1, 0.15) is 33.1 Å². The minimum atomic E-state index is -1.61. The molecule has 0 fully saturated rings. The molecule has 16 heavy (non-hydrogen) atoms. The molecule has 92 valence electrons. The van der Waals surface area contributed by atoms with E-state index < -0.39 is 35.7 Å². The van der Waals surface area contributed by atoms with Crippen LogP contribution in [0.3, 0.4) is 0 Å². The third-order valence-corrected chi connectivity index (χ3v) is 2.47. The number of aliphatic carboxylic acids is 2. The summed E-state index contributed by atoms with van der Waals surface area (Å²) in [6.07, 6.45) is -0.960. The summed E-state index contributed by atoms with van der Waals surface area (Å²) in [5.41, 5.74) is -1.61. The zero-order chi connectivity index (χ0) is 12.9. The Morgan fingerprint density at radius 2 is 1.69 bits per heavy atom. The number of ketones is 1. The van der Waals surface area contributed by atoms with Gasteiger partial charge in [0, 0.05) is 6.42 Å². The predicted molar refractivity (Wildman–Crippen MR) is 53.9 cm³/mol. The molecule has 2 atom stereocenters. The Bertz CT molecular complexity index is 294. The maximum atomic E-state index is 11.2. The lowest BCUT2D eigenvalue weighted by molar-refractivity contribution is -0.147. The Balaban J connectivity index is 4.67. The normalized spacial score (nSPS) is 16.2. The quantitative estimate of drug-likeness (QED) is 0.581. The van der Waals surface area contributed by atoms with Crippen molar-refractivity contribution < 1.29 is 29.7 Å². The number of hydrogen-bond acceptors (Lipinski definition) is 4. The lowest BCUT2D eigenvalue weighted by Gasteiger charge is -2.29. The number of carboxylic acid groups (broad SMARTS) is 2. The van der Waals surface area contributed by atoms with Gasteiger partial charge < -0.3 is 15.3 Å². The standard InChI is InChI=1S/C10H16O6/c1-6(11)7(5-9(14)15)10(2,16)4-3-8(12)13/h7,16H,3-5H2,1-2H3,(H,12,13)(H,14,15). The lowest BCUT2D eigenvalue weighted by Crippen LogP contribution is -2.40. The summed E-state index contributed by atoms with van der Waals surface area (Å²) < 4.78 is 0. The summed E-state index contributed by atoms with van der Waals surface area (Å²) in [6, 6.07) is 0. The summed E-state index contributed by atoms with van der Waals surface area (Å²) in [6.45, 7) is 2.47. The third-order valence-electron chi connectivity index (χ3n) is 2.47. The molecule has 0 bridgehead atoms. The Morgan fingerprint density at radius 3 is 2.00 bits per heavy atom. The number of hydrogen-bond donors (Lipinski definition) is 3. The molecule has 0 aliphatic rings. The van der Waals surface area contributed by atoms with E-state index in [1.54, 1.807) is 0 Å². The van der Waals surface area contributed by atoms with Gasteiger partial charge in [-0.05, 0) is 20.3 Å². The smallest absolute Gasteiger partial charge is 0.304 e. The van der Waals surface area contributed by atoms with E-state index in [9.17, 15) is 19.5 Å². The van der Waals surface area contributed by atoms with Crippen LogP contribution in [0, 0.1) is 5.92 Å². The fraction of sp³-hybridized carbons (Fsp3) is 0.700. The molecule has 0 aromatic heterocycles. The van der Waals surface area contributed by atoms with Crippen LogP contribution in [0.4, 0.5) is 0 Å². The van der Waals surface area contributed by atoms with Crippen molar-refractivity contribution in [1.29, 1.82) is 0 Å². The first kappa shape index (κ1) is 14.6. The van der Waals surface area contributed by atoms with Crippen molar-refractivity contribution in [2.75, 3.05) is 0 Å². The highest BCUT2D eigenvalue weighted by Gasteiger charge is 2.36. The molecule has 6 nitrogen and oxygen atoms in total. The SMILES string of the molecule is CC(=O)C(CC(=O)O)C(C)(O)CCC(=O)O. The summed E-state index contributed by atoms with van der Waals surface area (Å²) in [5, 5.41) is 27.0. The van der Waals surface area contributed by atoms with Gasteiger partial charge >= 0.3 is 11.9 Å². The molecule has 2 unspecified atom stereocenters. The van der Waals surface area contributed by atoms with E-state index in [1.165, 1.54) is 13.8 Å². The first-order chi connectivity index (χ1) is 7.16. The highest BCUT2D eigenvalue weighted by Crippen LogP contribution is 2.26. The molecular weight excluding hydrogens is 216 g/mol. The number of Topliss-reactive ketones (excluding diaryl/α,β-unsaturated/α-hetero) is 1. The van der Waals surface area contributed by atoms with Crippen molar-refractivity contribution in [3.8, 4) is 0 Å². The Hall–Kier alpha value is -1.43. The van der Waals surface area contributed by atoms with E-state index in [-0.39, 0.29) is 12.8 Å². The van der Waals surface area contributed by atoms with Gasteiger partial charge in [-0.25, -0.2) is 0 Å². The molecule has 0 aliphatic heterocycles. The van der Waals surface area contributed by atoms with Crippen molar-refractivity contribution in [3.63, 3.8) is 0 Å². The van der Waals surface area contributed by atoms with Crippen LogP contribution in [-0.4, -0.2) is 38.6 Å². The molecule has 0 radical (unpaired) electrons. The highest BCUT2D eigenvalue weighted by atomic mass is 16.4. The van der Waals surface area contributed by atoms with Gasteiger partial charge in [0.25, 0.3) is 0 Å². The van der Waals surface area contributed by atoms with Gasteiger partial charge in [-0.1, -0.05) is 0 Å². The molecule has 0 amide bonds. The molecule has 0 heterocycles. The van der Waals surface area contributed by atoms with Gasteiger partial charge in [0.2, 0.25) is 0 Å². The molecule has 6 heteroatoms. The molecule has 0 rings (SSSR count). The first-order valence-electron chi connectivity index (χ1n) is 4.83. The molecule has 0 aliphatic carbocycles. The average molecular weight is 232 g/mol. The summed E-state index contributed by atoms with van der Waals surface area (Å²) in [5.74, 6) is -3.84. The second-order valence-corrected chi connectivity index (χ2v) is 4.01. The number of carbonyl (C=O) groups excluding carboxylic acids is 1. The maximum Gasteiger partial charge on any atom is 0.304 e. The number of rotatable bonds is 7. The largest absolute Gasteiger partial charge is 0.481 e. The van der Waals surface area contributed by atoms with Gasteiger partial charge in [0.1, 0.15) is 5.78 Å². The van der Waals surface area contributed by atoms with E-state index in [0.29, 0.717) is 0 Å². The van der Waals surface area contributed by atoms with Gasteiger partial charge in [-0.3, -0.25) is 14.4 Å². The fourth-order valence-electron chi connectivity index (χ4n) is 1.51. The zero-order valence-corrected chi connectivity index (χ0v) is 9.27. The second-order valence-electron chi connectivity index (χ2n) is 4.01. The molecule has 0 saturated heterocycles. The van der Waals surface area contributed by atoms with E-state index in [4.69, 9.17) is 10.2 Å². The Morgan fingerprint density at radius 1 is 1.19 bits per heavy atom. The third kappa shape index (κ3) is 4.88. The van der Waals surface area contributed by atoms with Gasteiger partial charge in [0.05, 0.1) is 17.9 Å². The first-order valence-corrected chi connectivity index (χ1v) is 4.83. The monoisotopic (exact) mass is 232 g/mol. The van der Waals surface area contributed by atoms with E-state index >= 15 is 0 Å². The van der Waals surface area contributed by atoms with Crippen LogP contribution in [0.25, 0.3) is 0 Å². The topological polar surface area (TPSA) is 112 Å². The number of carboxylic acids is 2. The molecular formula is C10H16O6. The van der Waals surface area contributed by atoms with Crippen molar-refractivity contribution >= 4 is 17.7 Å². The van der Waals surface area contributed by atoms with Crippen LogP contribution in [0.15, 0.2) is 0 Å². The van der Waals surface area contributed by atoms with Crippen LogP contribution in [-0.2, 0) is 14.4 Å². The maximum absolute atomic E-state index is 11.2. The van der Waals surface area contributed by atoms with Crippen LogP contribution in [0.5, 0.6) is 0 Å². The predicted octanol–water partition coefficient (Wildman–Crippen LogP) is 0.282. The Kier molecular flexibility index (Phi) is 5.10. The zero-order valence-electron chi connectivity index (χ0n) is 9.27. The molecule has 0 aromatic rings. The van der Waals surface area contributed by atoms with Crippen LogP contribution < -0.4 is 0 Å². The molecule has 0 saturated carbocycles. The van der Waals surface area contributed by atoms with Crippen molar-refractivity contribution in [2.45, 2.75) is 38.7 Å². The average Bonchev–Trinajstić information content (AvgIpc) is 2.10. The molecule has 3 N–H and O–H groups in total.